The largest absolute Gasteiger partial charge is 0.478 e. The summed E-state index contributed by atoms with van der Waals surface area (Å²) in [7, 11) is 0. The van der Waals surface area contributed by atoms with Gasteiger partial charge in [0.25, 0.3) is 0 Å². The van der Waals surface area contributed by atoms with Crippen LogP contribution in [0, 0.1) is 0 Å². The normalized spacial score (nSPS) is 21.5. The Labute approximate surface area is 158 Å². The van der Waals surface area contributed by atoms with Crippen molar-refractivity contribution in [1.29, 1.82) is 0 Å². The summed E-state index contributed by atoms with van der Waals surface area (Å²) in [6, 6.07) is 7.69. The molecule has 2 aliphatic rings. The van der Waals surface area contributed by atoms with Crippen molar-refractivity contribution in [3.8, 4) is 10.6 Å². The zero-order valence-corrected chi connectivity index (χ0v) is 15.7. The first-order valence-corrected chi connectivity index (χ1v) is 10.3. The van der Waals surface area contributed by atoms with E-state index >= 15 is 0 Å². The zero-order valence-electron chi connectivity index (χ0n) is 14.9. The van der Waals surface area contributed by atoms with Gasteiger partial charge in [-0.2, -0.15) is 0 Å². The topological polar surface area (TPSA) is 56.7 Å². The van der Waals surface area contributed by atoms with Gasteiger partial charge in [0, 0.05) is 30.1 Å². The fourth-order valence-corrected chi connectivity index (χ4v) is 4.89. The molecule has 1 unspecified atom stereocenters. The maximum atomic E-state index is 11.2. The molecule has 2 saturated heterocycles. The summed E-state index contributed by atoms with van der Waals surface area (Å²) in [6.07, 6.45) is 5.25. The first-order chi connectivity index (χ1) is 12.7. The predicted octanol–water partition coefficient (Wildman–Crippen LogP) is 3.57. The van der Waals surface area contributed by atoms with Crippen LogP contribution < -0.4 is 0 Å². The Hall–Kier alpha value is -1.76. The second-order valence-corrected chi connectivity index (χ2v) is 8.16. The molecule has 26 heavy (non-hydrogen) atoms. The van der Waals surface area contributed by atoms with Crippen LogP contribution in [0.15, 0.2) is 29.6 Å². The van der Waals surface area contributed by atoms with Gasteiger partial charge in [-0.25, -0.2) is 9.78 Å². The molecular weight excluding hydrogens is 346 g/mol. The Morgan fingerprint density at radius 1 is 1.23 bits per heavy atom. The Kier molecular flexibility index (Phi) is 5.33. The minimum Gasteiger partial charge on any atom is -0.478 e. The fourth-order valence-electron chi connectivity index (χ4n) is 4.08. The lowest BCUT2D eigenvalue weighted by atomic mass is 10.1. The minimum absolute atomic E-state index is 0.310. The van der Waals surface area contributed by atoms with Gasteiger partial charge in [0.1, 0.15) is 5.01 Å². The Morgan fingerprint density at radius 3 is 2.88 bits per heavy atom. The number of carboxylic acid groups (broad SMARTS) is 1. The van der Waals surface area contributed by atoms with E-state index < -0.39 is 5.97 Å². The van der Waals surface area contributed by atoms with Gasteiger partial charge in [-0.05, 0) is 57.5 Å². The van der Waals surface area contributed by atoms with Crippen LogP contribution in [0.1, 0.15) is 41.7 Å². The number of rotatable bonds is 6. The van der Waals surface area contributed by atoms with Gasteiger partial charge in [0.05, 0.1) is 11.3 Å². The van der Waals surface area contributed by atoms with Gasteiger partial charge in [0.15, 0.2) is 0 Å². The summed E-state index contributed by atoms with van der Waals surface area (Å²) in [5.74, 6) is -0.898. The van der Waals surface area contributed by atoms with E-state index in [4.69, 9.17) is 10.1 Å². The number of nitrogens with zero attached hydrogens (tertiary/aromatic N) is 3. The van der Waals surface area contributed by atoms with E-state index in [2.05, 4.69) is 15.2 Å². The summed E-state index contributed by atoms with van der Waals surface area (Å²) in [5, 5.41) is 12.2. The average Bonchev–Trinajstić information content (AvgIpc) is 3.39. The van der Waals surface area contributed by atoms with Crippen LogP contribution in [0.3, 0.4) is 0 Å². The number of carbonyl (C=O) groups is 1. The summed E-state index contributed by atoms with van der Waals surface area (Å²) >= 11 is 1.60. The number of aromatic nitrogens is 1. The lowest BCUT2D eigenvalue weighted by Crippen LogP contribution is -2.38. The molecule has 0 bridgehead atoms. The van der Waals surface area contributed by atoms with Crippen molar-refractivity contribution < 1.29 is 9.90 Å². The van der Waals surface area contributed by atoms with Crippen LogP contribution in [0.25, 0.3) is 10.6 Å². The Balaban J connectivity index is 1.43. The van der Waals surface area contributed by atoms with Crippen molar-refractivity contribution in [2.75, 3.05) is 26.2 Å². The molecule has 1 atom stereocenters. The number of hydrogen-bond acceptors (Lipinski definition) is 5. The number of benzene rings is 1. The molecule has 1 aromatic carbocycles. The summed E-state index contributed by atoms with van der Waals surface area (Å²) < 4.78 is 0. The van der Waals surface area contributed by atoms with E-state index in [0.29, 0.717) is 11.6 Å². The van der Waals surface area contributed by atoms with Crippen LogP contribution in [0.5, 0.6) is 0 Å². The zero-order chi connectivity index (χ0) is 17.9. The average molecular weight is 372 g/mol. The number of thiazole rings is 1. The Morgan fingerprint density at radius 2 is 2.08 bits per heavy atom. The molecule has 1 N–H and O–H groups in total. The van der Waals surface area contributed by atoms with Crippen molar-refractivity contribution in [1.82, 2.24) is 14.8 Å². The molecule has 4 rings (SSSR count). The van der Waals surface area contributed by atoms with Crippen LogP contribution in [-0.2, 0) is 6.54 Å². The first-order valence-electron chi connectivity index (χ1n) is 9.43. The molecule has 5 nitrogen and oxygen atoms in total. The maximum Gasteiger partial charge on any atom is 0.335 e. The molecule has 0 aliphatic carbocycles. The molecule has 0 radical (unpaired) electrons. The van der Waals surface area contributed by atoms with E-state index in [0.717, 1.165) is 29.4 Å². The highest BCUT2D eigenvalue weighted by Crippen LogP contribution is 2.27. The third-order valence-electron chi connectivity index (χ3n) is 5.44. The molecular formula is C20H25N3O2S. The second kappa shape index (κ2) is 7.86. The van der Waals surface area contributed by atoms with Crippen LogP contribution in [0.2, 0.25) is 0 Å². The maximum absolute atomic E-state index is 11.2. The van der Waals surface area contributed by atoms with Crippen molar-refractivity contribution >= 4 is 17.3 Å². The third kappa shape index (κ3) is 3.98. The number of hydrogen-bond donors (Lipinski definition) is 1. The van der Waals surface area contributed by atoms with Crippen LogP contribution >= 0.6 is 11.3 Å². The van der Waals surface area contributed by atoms with E-state index in [1.54, 1.807) is 29.5 Å². The minimum atomic E-state index is -0.898. The van der Waals surface area contributed by atoms with Crippen molar-refractivity contribution in [3.63, 3.8) is 0 Å². The molecule has 2 aromatic rings. The van der Waals surface area contributed by atoms with Crippen molar-refractivity contribution in [2.24, 2.45) is 0 Å². The molecule has 0 saturated carbocycles. The lowest BCUT2D eigenvalue weighted by Gasteiger charge is -2.27. The second-order valence-electron chi connectivity index (χ2n) is 7.30. The highest BCUT2D eigenvalue weighted by atomic mass is 32.1. The summed E-state index contributed by atoms with van der Waals surface area (Å²) in [6.45, 7) is 5.75. The van der Waals surface area contributed by atoms with Crippen LogP contribution in [0.4, 0.5) is 0 Å². The van der Waals surface area contributed by atoms with Gasteiger partial charge < -0.3 is 10.0 Å². The van der Waals surface area contributed by atoms with Crippen molar-refractivity contribution in [3.05, 3.63) is 40.9 Å². The van der Waals surface area contributed by atoms with E-state index in [9.17, 15) is 4.79 Å². The fraction of sp³-hybridized carbons (Fsp3) is 0.500. The quantitative estimate of drug-likeness (QED) is 0.841. The van der Waals surface area contributed by atoms with Crippen LogP contribution in [-0.4, -0.2) is 58.1 Å². The lowest BCUT2D eigenvalue weighted by molar-refractivity contribution is 0.0697. The molecule has 2 fully saturated rings. The SMILES string of the molecule is O=C(O)c1cccc(-c2nc(CN3CCCC3CN3CCCC3)cs2)c1. The molecule has 3 heterocycles. The molecule has 0 spiro atoms. The van der Waals surface area contributed by atoms with Gasteiger partial charge in [-0.1, -0.05) is 12.1 Å². The van der Waals surface area contributed by atoms with Gasteiger partial charge in [-0.3, -0.25) is 4.90 Å². The number of likely N-dealkylation sites (tertiary alicyclic amines) is 2. The van der Waals surface area contributed by atoms with E-state index in [1.807, 2.05) is 6.07 Å². The smallest absolute Gasteiger partial charge is 0.335 e. The third-order valence-corrected chi connectivity index (χ3v) is 6.38. The highest BCUT2D eigenvalue weighted by molar-refractivity contribution is 7.13. The standard InChI is InChI=1S/C20H25N3O2S/c24-20(25)16-6-3-5-15(11-16)19-21-17(14-26-19)12-23-10-4-7-18(23)13-22-8-1-2-9-22/h3,5-6,11,14,18H,1-2,4,7-10,12-13H2,(H,24,25). The molecule has 1 aromatic heterocycles. The van der Waals surface area contributed by atoms with Crippen molar-refractivity contribution in [2.45, 2.75) is 38.3 Å². The summed E-state index contributed by atoms with van der Waals surface area (Å²) in [4.78, 5) is 21.1. The molecule has 6 heteroatoms. The van der Waals surface area contributed by atoms with E-state index in [1.165, 1.54) is 45.3 Å². The monoisotopic (exact) mass is 371 g/mol. The molecule has 0 amide bonds. The summed E-state index contributed by atoms with van der Waals surface area (Å²) in [5.41, 5.74) is 2.29. The van der Waals surface area contributed by atoms with Gasteiger partial charge in [0.2, 0.25) is 0 Å². The molecule has 138 valence electrons. The van der Waals surface area contributed by atoms with Gasteiger partial charge in [-0.15, -0.1) is 11.3 Å². The van der Waals surface area contributed by atoms with E-state index in [-0.39, 0.29) is 0 Å². The Bertz CT molecular complexity index is 770. The number of aromatic carboxylic acids is 1. The highest BCUT2D eigenvalue weighted by Gasteiger charge is 2.27. The molecule has 2 aliphatic heterocycles. The predicted molar refractivity (Wildman–Crippen MR) is 104 cm³/mol. The first kappa shape index (κ1) is 17.6. The van der Waals surface area contributed by atoms with Gasteiger partial charge >= 0.3 is 5.97 Å². The number of carboxylic acids is 1.